The first-order chi connectivity index (χ1) is 8.89. The normalized spacial score (nSPS) is 22.3. The van der Waals surface area contributed by atoms with E-state index in [0.717, 1.165) is 31.4 Å². The predicted octanol–water partition coefficient (Wildman–Crippen LogP) is 3.41. The van der Waals surface area contributed by atoms with Crippen molar-refractivity contribution in [1.29, 1.82) is 0 Å². The van der Waals surface area contributed by atoms with Gasteiger partial charge in [-0.3, -0.25) is 0 Å². The zero-order valence-electron chi connectivity index (χ0n) is 10.2. The summed E-state index contributed by atoms with van der Waals surface area (Å²) in [6.45, 7) is 0.585. The Morgan fingerprint density at radius 2 is 2.00 bits per heavy atom. The molecule has 6 heteroatoms. The Morgan fingerprint density at radius 3 is 2.53 bits per heavy atom. The predicted molar refractivity (Wildman–Crippen MR) is 61.9 cm³/mol. The first kappa shape index (κ1) is 14.3. The largest absolute Gasteiger partial charge is 0.419 e. The Bertz CT molecular complexity index is 441. The Morgan fingerprint density at radius 1 is 1.26 bits per heavy atom. The molecule has 0 aromatic heterocycles. The fourth-order valence-electron chi connectivity index (χ4n) is 2.23. The summed E-state index contributed by atoms with van der Waals surface area (Å²) in [5, 5.41) is 0. The summed E-state index contributed by atoms with van der Waals surface area (Å²) in [6, 6.07) is 2.20. The zero-order chi connectivity index (χ0) is 14.0. The van der Waals surface area contributed by atoms with E-state index in [9.17, 15) is 17.6 Å². The van der Waals surface area contributed by atoms with E-state index in [2.05, 4.69) is 0 Å². The molecule has 0 aliphatic carbocycles. The number of alkyl halides is 3. The minimum atomic E-state index is -4.69. The quantitative estimate of drug-likeness (QED) is 0.841. The number of rotatable bonds is 2. The molecule has 2 nitrogen and oxygen atoms in total. The van der Waals surface area contributed by atoms with Gasteiger partial charge in [-0.25, -0.2) is 4.39 Å². The van der Waals surface area contributed by atoms with Crippen molar-refractivity contribution in [3.63, 3.8) is 0 Å². The van der Waals surface area contributed by atoms with Gasteiger partial charge in [0.15, 0.2) is 0 Å². The van der Waals surface area contributed by atoms with E-state index in [-0.39, 0.29) is 6.10 Å². The Hall–Kier alpha value is -1.14. The molecule has 0 spiro atoms. The van der Waals surface area contributed by atoms with Gasteiger partial charge in [-0.15, -0.1) is 0 Å². The zero-order valence-corrected chi connectivity index (χ0v) is 10.2. The molecule has 19 heavy (non-hydrogen) atoms. The van der Waals surface area contributed by atoms with Crippen LogP contribution in [0.4, 0.5) is 17.6 Å². The molecular weight excluding hydrogens is 262 g/mol. The van der Waals surface area contributed by atoms with Crippen LogP contribution in [0, 0.1) is 5.82 Å². The minimum absolute atomic E-state index is 0.259. The maximum absolute atomic E-state index is 13.5. The van der Waals surface area contributed by atoms with Gasteiger partial charge in [-0.05, 0) is 37.0 Å². The Kier molecular flexibility index (Phi) is 4.10. The van der Waals surface area contributed by atoms with Gasteiger partial charge < -0.3 is 10.5 Å². The molecule has 0 amide bonds. The second kappa shape index (κ2) is 5.46. The smallest absolute Gasteiger partial charge is 0.376 e. The van der Waals surface area contributed by atoms with E-state index < -0.39 is 23.6 Å². The summed E-state index contributed by atoms with van der Waals surface area (Å²) in [4.78, 5) is 0. The average molecular weight is 277 g/mol. The van der Waals surface area contributed by atoms with Gasteiger partial charge in [0.2, 0.25) is 0 Å². The SMILES string of the molecule is NC(c1ccc(C(F)(F)F)c(F)c1)C1CCCCO1. The molecular formula is C13H15F4NO. The van der Waals surface area contributed by atoms with Crippen molar-refractivity contribution < 1.29 is 22.3 Å². The standard InChI is InChI=1S/C13H15F4NO/c14-10-7-8(4-5-9(10)13(15,16)17)12(18)11-3-1-2-6-19-11/h4-5,7,11-12H,1-3,6,18H2. The molecule has 1 saturated heterocycles. The highest BCUT2D eigenvalue weighted by atomic mass is 19.4. The molecule has 2 rings (SSSR count). The van der Waals surface area contributed by atoms with Gasteiger partial charge >= 0.3 is 6.18 Å². The molecule has 2 atom stereocenters. The summed E-state index contributed by atoms with van der Waals surface area (Å²) in [6.07, 6.45) is -2.30. The molecule has 1 aliphatic rings. The number of hydrogen-bond donors (Lipinski definition) is 1. The van der Waals surface area contributed by atoms with Crippen LogP contribution in [-0.2, 0) is 10.9 Å². The van der Waals surface area contributed by atoms with Crippen molar-refractivity contribution in [1.82, 2.24) is 0 Å². The fraction of sp³-hybridized carbons (Fsp3) is 0.538. The van der Waals surface area contributed by atoms with Crippen molar-refractivity contribution >= 4 is 0 Å². The molecule has 0 bridgehead atoms. The van der Waals surface area contributed by atoms with E-state index in [1.807, 2.05) is 0 Å². The van der Waals surface area contributed by atoms with E-state index in [1.165, 1.54) is 6.07 Å². The molecule has 2 N–H and O–H groups in total. The lowest BCUT2D eigenvalue weighted by atomic mass is 9.95. The molecule has 1 aromatic carbocycles. The number of halogens is 4. The van der Waals surface area contributed by atoms with Crippen LogP contribution in [-0.4, -0.2) is 12.7 Å². The maximum Gasteiger partial charge on any atom is 0.419 e. The highest BCUT2D eigenvalue weighted by molar-refractivity contribution is 5.29. The lowest BCUT2D eigenvalue weighted by molar-refractivity contribution is -0.140. The molecule has 1 fully saturated rings. The van der Waals surface area contributed by atoms with Crippen LogP contribution in [0.15, 0.2) is 18.2 Å². The first-order valence-corrected chi connectivity index (χ1v) is 6.13. The lowest BCUT2D eigenvalue weighted by Gasteiger charge is -2.28. The van der Waals surface area contributed by atoms with Crippen molar-refractivity contribution in [2.24, 2.45) is 5.73 Å². The second-order valence-corrected chi connectivity index (χ2v) is 4.67. The summed E-state index contributed by atoms with van der Waals surface area (Å²) in [7, 11) is 0. The summed E-state index contributed by atoms with van der Waals surface area (Å²) in [5.41, 5.74) is 4.99. The summed E-state index contributed by atoms with van der Waals surface area (Å²) < 4.78 is 56.2. The highest BCUT2D eigenvalue weighted by Crippen LogP contribution is 2.33. The van der Waals surface area contributed by atoms with Gasteiger partial charge in [0.25, 0.3) is 0 Å². The van der Waals surface area contributed by atoms with Crippen molar-refractivity contribution in [3.05, 3.63) is 35.1 Å². The van der Waals surface area contributed by atoms with Crippen LogP contribution >= 0.6 is 0 Å². The first-order valence-electron chi connectivity index (χ1n) is 6.13. The van der Waals surface area contributed by atoms with Crippen molar-refractivity contribution in [3.8, 4) is 0 Å². The van der Waals surface area contributed by atoms with Crippen LogP contribution in [0.25, 0.3) is 0 Å². The topological polar surface area (TPSA) is 35.2 Å². The maximum atomic E-state index is 13.5. The van der Waals surface area contributed by atoms with E-state index in [0.29, 0.717) is 12.2 Å². The van der Waals surface area contributed by atoms with E-state index >= 15 is 0 Å². The third-order valence-electron chi connectivity index (χ3n) is 3.30. The van der Waals surface area contributed by atoms with Crippen molar-refractivity contribution in [2.45, 2.75) is 37.6 Å². The summed E-state index contributed by atoms with van der Waals surface area (Å²) in [5.74, 6) is -1.30. The van der Waals surface area contributed by atoms with Crippen LogP contribution in [0.1, 0.15) is 36.4 Å². The lowest BCUT2D eigenvalue weighted by Crippen LogP contribution is -2.32. The van der Waals surface area contributed by atoms with Gasteiger partial charge in [0.1, 0.15) is 5.82 Å². The third kappa shape index (κ3) is 3.25. The van der Waals surface area contributed by atoms with Gasteiger partial charge in [0, 0.05) is 6.61 Å². The molecule has 2 unspecified atom stereocenters. The van der Waals surface area contributed by atoms with Crippen LogP contribution in [0.2, 0.25) is 0 Å². The molecule has 0 radical (unpaired) electrons. The van der Waals surface area contributed by atoms with Gasteiger partial charge in [0.05, 0.1) is 17.7 Å². The number of benzene rings is 1. The second-order valence-electron chi connectivity index (χ2n) is 4.67. The monoisotopic (exact) mass is 277 g/mol. The van der Waals surface area contributed by atoms with E-state index in [1.54, 1.807) is 0 Å². The fourth-order valence-corrected chi connectivity index (χ4v) is 2.23. The van der Waals surface area contributed by atoms with Gasteiger partial charge in [-0.2, -0.15) is 13.2 Å². The molecule has 106 valence electrons. The molecule has 1 aromatic rings. The number of ether oxygens (including phenoxy) is 1. The number of hydrogen-bond acceptors (Lipinski definition) is 2. The Labute approximate surface area is 108 Å². The highest BCUT2D eigenvalue weighted by Gasteiger charge is 2.34. The van der Waals surface area contributed by atoms with Crippen molar-refractivity contribution in [2.75, 3.05) is 6.61 Å². The van der Waals surface area contributed by atoms with Crippen LogP contribution < -0.4 is 5.73 Å². The summed E-state index contributed by atoms with van der Waals surface area (Å²) >= 11 is 0. The van der Waals surface area contributed by atoms with Gasteiger partial charge in [-0.1, -0.05) is 6.07 Å². The average Bonchev–Trinajstić information content (AvgIpc) is 2.37. The molecule has 1 aliphatic heterocycles. The van der Waals surface area contributed by atoms with Crippen LogP contribution in [0.3, 0.4) is 0 Å². The molecule has 0 saturated carbocycles. The molecule has 1 heterocycles. The van der Waals surface area contributed by atoms with E-state index in [4.69, 9.17) is 10.5 Å². The van der Waals surface area contributed by atoms with Crippen LogP contribution in [0.5, 0.6) is 0 Å². The minimum Gasteiger partial charge on any atom is -0.376 e. The third-order valence-corrected chi connectivity index (χ3v) is 3.30. The number of nitrogens with two attached hydrogens (primary N) is 1. The Balaban J connectivity index is 2.19.